The first kappa shape index (κ1) is 13.5. The topological polar surface area (TPSA) is 0 Å². The maximum atomic E-state index is 2.25. The van der Waals surface area contributed by atoms with Gasteiger partial charge in [-0.25, -0.2) is 5.30 Å². The normalized spacial score (nSPS) is 11.6. The summed E-state index contributed by atoms with van der Waals surface area (Å²) in [6.07, 6.45) is 0. The van der Waals surface area contributed by atoms with E-state index in [1.807, 2.05) is 0 Å². The van der Waals surface area contributed by atoms with Crippen molar-refractivity contribution in [2.24, 2.45) is 0 Å². The molecule has 1 atom stereocenters. The summed E-state index contributed by atoms with van der Waals surface area (Å²) in [5.74, 6) is 0. The predicted octanol–water partition coefficient (Wildman–Crippen LogP) is 3.21. The van der Waals surface area contributed by atoms with Gasteiger partial charge < -0.3 is 8.58 Å². The second-order valence-electron chi connectivity index (χ2n) is 4.46. The molecule has 3 aromatic rings. The van der Waals surface area contributed by atoms with Gasteiger partial charge in [0.2, 0.25) is 0 Å². The monoisotopic (exact) mass is 293 g/mol. The van der Waals surface area contributed by atoms with Crippen LogP contribution in [-0.2, 0) is 0 Å². The Morgan fingerprint density at radius 1 is 0.600 bits per heavy atom. The molecule has 0 bridgehead atoms. The Hall–Kier alpha value is -1.48. The van der Waals surface area contributed by atoms with Gasteiger partial charge in [0.25, 0.3) is 0 Å². The minimum Gasteiger partial charge on any atom is -0.472 e. The molecule has 0 nitrogen and oxygen atoms in total. The Labute approximate surface area is 123 Å². The van der Waals surface area contributed by atoms with E-state index >= 15 is 0 Å². The highest BCUT2D eigenvalue weighted by molar-refractivity contribution is 7.62. The molecular formula is C18H15P2-. The zero-order valence-corrected chi connectivity index (χ0v) is 12.9. The Kier molecular flexibility index (Phi) is 4.59. The summed E-state index contributed by atoms with van der Waals surface area (Å²) in [6.45, 7) is 0. The van der Waals surface area contributed by atoms with Gasteiger partial charge in [0.15, 0.2) is 0 Å². The van der Waals surface area contributed by atoms with Crippen LogP contribution in [0.4, 0.5) is 0 Å². The van der Waals surface area contributed by atoms with Crippen molar-refractivity contribution in [2.45, 2.75) is 0 Å². The first-order valence-electron chi connectivity index (χ1n) is 6.60. The van der Waals surface area contributed by atoms with Crippen LogP contribution < -0.4 is 21.2 Å². The fraction of sp³-hybridized carbons (Fsp3) is 0. The molecule has 0 saturated heterocycles. The lowest BCUT2D eigenvalue weighted by molar-refractivity contribution is 1.77. The molecule has 2 heteroatoms. The van der Waals surface area contributed by atoms with Crippen LogP contribution in [0.3, 0.4) is 0 Å². The fourth-order valence-electron chi connectivity index (χ4n) is 2.00. The Bertz CT molecular complexity index is 603. The molecule has 98 valence electrons. The van der Waals surface area contributed by atoms with Gasteiger partial charge in [-0.1, -0.05) is 93.5 Å². The van der Waals surface area contributed by atoms with Crippen LogP contribution in [0, 0.1) is 0 Å². The average molecular weight is 293 g/mol. The highest BCUT2D eigenvalue weighted by atomic mass is 31.1. The van der Waals surface area contributed by atoms with Gasteiger partial charge in [0.1, 0.15) is 0 Å². The molecule has 0 fully saturated rings. The Balaban J connectivity index is 1.85. The molecule has 0 heterocycles. The van der Waals surface area contributed by atoms with Gasteiger partial charge in [-0.05, 0) is 10.6 Å². The van der Waals surface area contributed by atoms with Crippen LogP contribution in [0.25, 0.3) is 0 Å². The van der Waals surface area contributed by atoms with Gasteiger partial charge >= 0.3 is 0 Å². The molecular weight excluding hydrogens is 278 g/mol. The van der Waals surface area contributed by atoms with Gasteiger partial charge in [-0.3, -0.25) is 0 Å². The average Bonchev–Trinajstić information content (AvgIpc) is 2.51. The first-order chi connectivity index (χ1) is 9.92. The minimum atomic E-state index is 0.720. The van der Waals surface area contributed by atoms with Crippen molar-refractivity contribution < 1.29 is 0 Å². The van der Waals surface area contributed by atoms with Crippen LogP contribution in [0.2, 0.25) is 0 Å². The van der Waals surface area contributed by atoms with Crippen molar-refractivity contribution >= 4 is 38.4 Å². The third-order valence-corrected chi connectivity index (χ3v) is 5.69. The van der Waals surface area contributed by atoms with Gasteiger partial charge in [-0.2, -0.15) is 5.30 Å². The summed E-state index contributed by atoms with van der Waals surface area (Å²) >= 11 is 0. The van der Waals surface area contributed by atoms with E-state index in [-0.39, 0.29) is 0 Å². The lowest BCUT2D eigenvalue weighted by Gasteiger charge is -2.23. The summed E-state index contributed by atoms with van der Waals surface area (Å²) in [7, 11) is 2.01. The second-order valence-corrected chi connectivity index (χ2v) is 7.04. The van der Waals surface area contributed by atoms with Crippen molar-refractivity contribution in [2.75, 3.05) is 0 Å². The Morgan fingerprint density at radius 2 is 1.20 bits per heavy atom. The molecule has 0 saturated carbocycles. The van der Waals surface area contributed by atoms with Gasteiger partial charge in [0, 0.05) is 0 Å². The molecule has 0 aromatic heterocycles. The van der Waals surface area contributed by atoms with Crippen LogP contribution in [0.5, 0.6) is 0 Å². The first-order valence-corrected chi connectivity index (χ1v) is 8.49. The van der Waals surface area contributed by atoms with E-state index < -0.39 is 0 Å². The molecule has 3 aromatic carbocycles. The van der Waals surface area contributed by atoms with Crippen LogP contribution >= 0.6 is 17.2 Å². The molecule has 3 rings (SSSR count). The van der Waals surface area contributed by atoms with Crippen LogP contribution in [0.1, 0.15) is 0 Å². The number of rotatable bonds is 4. The smallest absolute Gasteiger partial charge is 0.0227 e. The lowest BCUT2D eigenvalue weighted by Crippen LogP contribution is -2.20. The molecule has 0 amide bonds. The minimum absolute atomic E-state index is 0.720. The summed E-state index contributed by atoms with van der Waals surface area (Å²) < 4.78 is 0. The quantitative estimate of drug-likeness (QED) is 0.648. The molecule has 0 aliphatic rings. The van der Waals surface area contributed by atoms with E-state index in [9.17, 15) is 0 Å². The van der Waals surface area contributed by atoms with Crippen LogP contribution in [-0.4, -0.2) is 0 Å². The van der Waals surface area contributed by atoms with Crippen molar-refractivity contribution in [1.82, 2.24) is 0 Å². The molecule has 20 heavy (non-hydrogen) atoms. The van der Waals surface area contributed by atoms with E-state index in [0.29, 0.717) is 0 Å². The number of hydrogen-bond acceptors (Lipinski definition) is 0. The molecule has 0 aliphatic heterocycles. The van der Waals surface area contributed by atoms with Gasteiger partial charge in [0.05, 0.1) is 0 Å². The molecule has 0 N–H and O–H groups in total. The van der Waals surface area contributed by atoms with Crippen LogP contribution in [0.15, 0.2) is 84.9 Å². The molecule has 0 radical (unpaired) electrons. The maximum absolute atomic E-state index is 2.25. The maximum Gasteiger partial charge on any atom is -0.0227 e. The summed E-state index contributed by atoms with van der Waals surface area (Å²) in [5.41, 5.74) is 0. The highest BCUT2D eigenvalue weighted by Crippen LogP contribution is 2.15. The second kappa shape index (κ2) is 6.80. The molecule has 0 aliphatic carbocycles. The summed E-state index contributed by atoms with van der Waals surface area (Å²) in [5, 5.41) is 5.58. The van der Waals surface area contributed by atoms with Crippen molar-refractivity contribution in [3.05, 3.63) is 84.9 Å². The third-order valence-electron chi connectivity index (χ3n) is 2.96. The van der Waals surface area contributed by atoms with Crippen molar-refractivity contribution in [3.63, 3.8) is 0 Å². The van der Waals surface area contributed by atoms with Gasteiger partial charge in [-0.15, -0.1) is 0 Å². The van der Waals surface area contributed by atoms with E-state index in [4.69, 9.17) is 0 Å². The lowest BCUT2D eigenvalue weighted by atomic mass is 10.4. The summed E-state index contributed by atoms with van der Waals surface area (Å²) in [6, 6.07) is 30.1. The zero-order chi connectivity index (χ0) is 13.6. The van der Waals surface area contributed by atoms with Crippen molar-refractivity contribution in [1.29, 1.82) is 0 Å². The van der Waals surface area contributed by atoms with Crippen molar-refractivity contribution in [3.8, 4) is 0 Å². The Morgan fingerprint density at radius 3 is 1.95 bits per heavy atom. The highest BCUT2D eigenvalue weighted by Gasteiger charge is 1.96. The predicted molar refractivity (Wildman–Crippen MR) is 93.1 cm³/mol. The van der Waals surface area contributed by atoms with E-state index in [1.54, 1.807) is 0 Å². The molecule has 0 spiro atoms. The SMILES string of the molecule is c1ccc([P-]c2ccccc2Pc2ccccc2)cc1. The summed E-state index contributed by atoms with van der Waals surface area (Å²) in [4.78, 5) is 0. The fourth-order valence-corrected chi connectivity index (χ4v) is 4.35. The number of benzene rings is 3. The number of hydrogen-bond donors (Lipinski definition) is 0. The third kappa shape index (κ3) is 3.54. The zero-order valence-electron chi connectivity index (χ0n) is 11.0. The standard InChI is InChI=1S/C18H15P2/c1-3-9-15(10-4-1)19-17-13-7-8-14-18(17)20-16-11-5-2-6-12-16/h1-14,19H/q-1. The largest absolute Gasteiger partial charge is 0.472 e. The van der Waals surface area contributed by atoms with E-state index in [2.05, 4.69) is 84.9 Å². The van der Waals surface area contributed by atoms with E-state index in [0.717, 1.165) is 8.58 Å². The van der Waals surface area contributed by atoms with E-state index in [1.165, 1.54) is 29.8 Å². The molecule has 1 unspecified atom stereocenters.